The largest absolute Gasteiger partial charge is 0.334 e. The van der Waals surface area contributed by atoms with Crippen LogP contribution >= 0.6 is 35.9 Å². The van der Waals surface area contributed by atoms with Gasteiger partial charge in [0, 0.05) is 24.7 Å². The molecule has 24 heavy (non-hydrogen) atoms. The molecule has 0 aliphatic carbocycles. The van der Waals surface area contributed by atoms with E-state index in [1.54, 1.807) is 0 Å². The molecule has 2 aliphatic rings. The summed E-state index contributed by atoms with van der Waals surface area (Å²) in [5, 5.41) is 3.37. The highest BCUT2D eigenvalue weighted by atomic mass is 35.5. The fourth-order valence-corrected chi connectivity index (χ4v) is 6.12. The van der Waals surface area contributed by atoms with Gasteiger partial charge in [-0.25, -0.2) is 0 Å². The van der Waals surface area contributed by atoms with Gasteiger partial charge in [-0.15, -0.1) is 35.9 Å². The number of halogens is 1. The van der Waals surface area contributed by atoms with E-state index in [2.05, 4.69) is 29.3 Å². The van der Waals surface area contributed by atoms with Gasteiger partial charge in [0.2, 0.25) is 0 Å². The quantitative estimate of drug-likeness (QED) is 0.822. The van der Waals surface area contributed by atoms with Crippen LogP contribution in [0.3, 0.4) is 0 Å². The van der Waals surface area contributed by atoms with Gasteiger partial charge in [-0.3, -0.25) is 4.79 Å². The maximum absolute atomic E-state index is 12.9. The van der Waals surface area contributed by atoms with Crippen molar-refractivity contribution in [3.8, 4) is 0 Å². The number of hydrogen-bond acceptors (Lipinski definition) is 4. The van der Waals surface area contributed by atoms with E-state index in [-0.39, 0.29) is 18.3 Å². The molecule has 1 aromatic rings. The third-order valence-electron chi connectivity index (χ3n) is 4.46. The minimum Gasteiger partial charge on any atom is -0.334 e. The molecule has 2 fully saturated rings. The summed E-state index contributed by atoms with van der Waals surface area (Å²) in [6, 6.07) is 8.71. The molecule has 1 amide bonds. The van der Waals surface area contributed by atoms with Gasteiger partial charge in [0.05, 0.1) is 4.58 Å². The van der Waals surface area contributed by atoms with Crippen LogP contribution in [0.5, 0.6) is 0 Å². The van der Waals surface area contributed by atoms with Gasteiger partial charge in [-0.2, -0.15) is 0 Å². The molecule has 6 heteroatoms. The Balaban J connectivity index is 0.00000208. The molecule has 2 heterocycles. The first-order valence-electron chi connectivity index (χ1n) is 8.64. The van der Waals surface area contributed by atoms with E-state index < -0.39 is 0 Å². The Morgan fingerprint density at radius 1 is 1.25 bits per heavy atom. The van der Waals surface area contributed by atoms with Gasteiger partial charge in [0.1, 0.15) is 0 Å². The third-order valence-corrected chi connectivity index (χ3v) is 7.47. The molecule has 2 aliphatic heterocycles. The van der Waals surface area contributed by atoms with E-state index in [0.717, 1.165) is 38.0 Å². The summed E-state index contributed by atoms with van der Waals surface area (Å²) in [6.07, 6.45) is 3.39. The maximum Gasteiger partial charge on any atom is 0.254 e. The second kappa shape index (κ2) is 9.95. The molecule has 2 saturated heterocycles. The second-order valence-corrected chi connectivity index (χ2v) is 8.92. The second-order valence-electron chi connectivity index (χ2n) is 6.19. The van der Waals surface area contributed by atoms with Crippen LogP contribution in [0.2, 0.25) is 0 Å². The molecule has 1 aromatic carbocycles. The maximum atomic E-state index is 12.9. The highest BCUT2D eigenvalue weighted by Gasteiger charge is 2.26. The standard InChI is InChI=1S/C18H26N2OS2.ClH/c1-2-10-20(16-8-9-19-13-16)17(21)14-4-6-15(7-5-14)18-22-11-3-12-23-18;/h4-7,16,18-19H,2-3,8-13H2,1H3;1H. The molecular weight excluding hydrogens is 360 g/mol. The van der Waals surface area contributed by atoms with Gasteiger partial charge in [-0.05, 0) is 55.0 Å². The Labute approximate surface area is 160 Å². The number of nitrogens with one attached hydrogen (secondary N) is 1. The van der Waals surface area contributed by atoms with Crippen LogP contribution in [0.25, 0.3) is 0 Å². The predicted molar refractivity (Wildman–Crippen MR) is 109 cm³/mol. The van der Waals surface area contributed by atoms with Crippen molar-refractivity contribution >= 4 is 41.8 Å². The summed E-state index contributed by atoms with van der Waals surface area (Å²) in [4.78, 5) is 15.0. The number of carbonyl (C=O) groups excluding carboxylic acids is 1. The third kappa shape index (κ3) is 4.84. The van der Waals surface area contributed by atoms with Crippen molar-refractivity contribution in [2.45, 2.75) is 36.8 Å². The lowest BCUT2D eigenvalue weighted by Crippen LogP contribution is -2.42. The van der Waals surface area contributed by atoms with E-state index in [0.29, 0.717) is 10.6 Å². The Morgan fingerprint density at radius 3 is 2.54 bits per heavy atom. The van der Waals surface area contributed by atoms with Crippen LogP contribution in [-0.2, 0) is 0 Å². The van der Waals surface area contributed by atoms with Crippen LogP contribution in [0.4, 0.5) is 0 Å². The number of nitrogens with zero attached hydrogens (tertiary/aromatic N) is 1. The first kappa shape index (κ1) is 20.0. The van der Waals surface area contributed by atoms with Crippen molar-refractivity contribution in [3.05, 3.63) is 35.4 Å². The topological polar surface area (TPSA) is 32.3 Å². The Morgan fingerprint density at radius 2 is 1.96 bits per heavy atom. The summed E-state index contributed by atoms with van der Waals surface area (Å²) in [7, 11) is 0. The fraction of sp³-hybridized carbons (Fsp3) is 0.611. The van der Waals surface area contributed by atoms with Crippen LogP contribution in [0.1, 0.15) is 46.7 Å². The van der Waals surface area contributed by atoms with Gasteiger partial charge < -0.3 is 10.2 Å². The van der Waals surface area contributed by atoms with Gasteiger partial charge >= 0.3 is 0 Å². The van der Waals surface area contributed by atoms with Crippen LogP contribution in [0.15, 0.2) is 24.3 Å². The molecule has 134 valence electrons. The average molecular weight is 387 g/mol. The molecule has 0 spiro atoms. The lowest BCUT2D eigenvalue weighted by atomic mass is 10.1. The minimum atomic E-state index is 0. The lowest BCUT2D eigenvalue weighted by molar-refractivity contribution is 0.0692. The van der Waals surface area contributed by atoms with Crippen LogP contribution < -0.4 is 5.32 Å². The molecule has 0 aromatic heterocycles. The zero-order chi connectivity index (χ0) is 16.1. The summed E-state index contributed by atoms with van der Waals surface area (Å²) in [6.45, 7) is 4.94. The molecule has 3 nitrogen and oxygen atoms in total. The molecule has 0 bridgehead atoms. The van der Waals surface area contributed by atoms with Crippen molar-refractivity contribution in [2.24, 2.45) is 0 Å². The normalized spacial score (nSPS) is 21.3. The Hall–Kier alpha value is -0.360. The van der Waals surface area contributed by atoms with Gasteiger partial charge in [0.15, 0.2) is 0 Å². The molecular formula is C18H27ClN2OS2. The van der Waals surface area contributed by atoms with E-state index >= 15 is 0 Å². The van der Waals surface area contributed by atoms with E-state index in [1.807, 2.05) is 35.7 Å². The molecule has 1 N–H and O–H groups in total. The molecule has 1 unspecified atom stereocenters. The number of hydrogen-bond donors (Lipinski definition) is 1. The van der Waals surface area contributed by atoms with Crippen molar-refractivity contribution in [1.29, 1.82) is 0 Å². The summed E-state index contributed by atoms with van der Waals surface area (Å²) in [5.74, 6) is 2.69. The zero-order valence-corrected chi connectivity index (χ0v) is 16.7. The minimum absolute atomic E-state index is 0. The van der Waals surface area contributed by atoms with E-state index in [4.69, 9.17) is 0 Å². The van der Waals surface area contributed by atoms with Crippen molar-refractivity contribution in [3.63, 3.8) is 0 Å². The first-order valence-corrected chi connectivity index (χ1v) is 10.7. The highest BCUT2D eigenvalue weighted by molar-refractivity contribution is 8.16. The number of thioether (sulfide) groups is 2. The molecule has 1 atom stereocenters. The number of benzene rings is 1. The molecule has 3 rings (SSSR count). The van der Waals surface area contributed by atoms with Crippen LogP contribution in [-0.4, -0.2) is 48.0 Å². The number of rotatable bonds is 5. The van der Waals surface area contributed by atoms with Crippen molar-refractivity contribution < 1.29 is 4.79 Å². The first-order chi connectivity index (χ1) is 11.3. The fourth-order valence-electron chi connectivity index (χ4n) is 3.23. The monoisotopic (exact) mass is 386 g/mol. The average Bonchev–Trinajstić information content (AvgIpc) is 3.14. The summed E-state index contributed by atoms with van der Waals surface area (Å²) >= 11 is 4.05. The predicted octanol–water partition coefficient (Wildman–Crippen LogP) is 4.19. The van der Waals surface area contributed by atoms with Gasteiger partial charge in [-0.1, -0.05) is 19.1 Å². The van der Waals surface area contributed by atoms with E-state index in [9.17, 15) is 4.79 Å². The Kier molecular flexibility index (Phi) is 8.28. The SMILES string of the molecule is CCCN(C(=O)c1ccc(C2SCCCS2)cc1)C1CCNC1.Cl. The number of amides is 1. The van der Waals surface area contributed by atoms with E-state index in [1.165, 1.54) is 23.5 Å². The summed E-state index contributed by atoms with van der Waals surface area (Å²) < 4.78 is 0.540. The van der Waals surface area contributed by atoms with Crippen molar-refractivity contribution in [1.82, 2.24) is 10.2 Å². The lowest BCUT2D eigenvalue weighted by Gasteiger charge is -2.28. The highest BCUT2D eigenvalue weighted by Crippen LogP contribution is 2.43. The number of carbonyl (C=O) groups is 1. The molecule has 0 radical (unpaired) electrons. The van der Waals surface area contributed by atoms with Gasteiger partial charge in [0.25, 0.3) is 5.91 Å². The van der Waals surface area contributed by atoms with Crippen LogP contribution in [0, 0.1) is 0 Å². The Bertz CT molecular complexity index is 514. The summed E-state index contributed by atoms with van der Waals surface area (Å²) in [5.41, 5.74) is 2.18. The van der Waals surface area contributed by atoms with Crippen molar-refractivity contribution in [2.75, 3.05) is 31.1 Å². The smallest absolute Gasteiger partial charge is 0.254 e. The zero-order valence-electron chi connectivity index (χ0n) is 14.2. The molecule has 0 saturated carbocycles.